The first-order chi connectivity index (χ1) is 10.2. The topological polar surface area (TPSA) is 26.3 Å². The molecule has 0 saturated heterocycles. The molecule has 0 aliphatic heterocycles. The summed E-state index contributed by atoms with van der Waals surface area (Å²) >= 11 is 0. The van der Waals surface area contributed by atoms with Crippen LogP contribution in [-0.2, 0) is 21.6 Å². The summed E-state index contributed by atoms with van der Waals surface area (Å²) < 4.78 is 5.97. The molecule has 0 aromatic heterocycles. The van der Waals surface area contributed by atoms with Gasteiger partial charge in [0.25, 0.3) is 0 Å². The molecule has 104 valence electrons. The van der Waals surface area contributed by atoms with Gasteiger partial charge in [-0.1, -0.05) is 48.5 Å². The summed E-state index contributed by atoms with van der Waals surface area (Å²) in [4.78, 5) is 11.8. The predicted octanol–water partition coefficient (Wildman–Crippen LogP) is 3.51. The van der Waals surface area contributed by atoms with Crippen LogP contribution in [0.1, 0.15) is 41.0 Å². The molecule has 3 aliphatic rings. The van der Waals surface area contributed by atoms with Crippen LogP contribution in [0.25, 0.3) is 0 Å². The molecule has 0 unspecified atom stereocenters. The van der Waals surface area contributed by atoms with Crippen LogP contribution >= 0.6 is 0 Å². The van der Waals surface area contributed by atoms with Crippen molar-refractivity contribution >= 4 is 5.97 Å². The van der Waals surface area contributed by atoms with E-state index in [-0.39, 0.29) is 5.97 Å². The highest BCUT2D eigenvalue weighted by Crippen LogP contribution is 2.76. The number of hydrogen-bond donors (Lipinski definition) is 0. The third kappa shape index (κ3) is 1.26. The molecular weight excluding hydrogens is 260 g/mol. The fourth-order valence-electron chi connectivity index (χ4n) is 4.95. The number of rotatable bonds is 1. The highest BCUT2D eigenvalue weighted by molar-refractivity contribution is 5.69. The van der Waals surface area contributed by atoms with Gasteiger partial charge in [0.1, 0.15) is 5.60 Å². The molecule has 5 rings (SSSR count). The van der Waals surface area contributed by atoms with Crippen LogP contribution < -0.4 is 0 Å². The van der Waals surface area contributed by atoms with Gasteiger partial charge in [0.15, 0.2) is 0 Å². The van der Waals surface area contributed by atoms with Gasteiger partial charge in [-0.25, -0.2) is 0 Å². The minimum atomic E-state index is -0.424. The number of benzene rings is 2. The van der Waals surface area contributed by atoms with Crippen molar-refractivity contribution in [1.82, 2.24) is 0 Å². The van der Waals surface area contributed by atoms with Crippen LogP contribution in [0.5, 0.6) is 0 Å². The Bertz CT molecular complexity index is 779. The lowest BCUT2D eigenvalue weighted by atomic mass is 9.75. The molecular formula is C19H16O2. The predicted molar refractivity (Wildman–Crippen MR) is 79.0 cm³/mol. The van der Waals surface area contributed by atoms with Crippen LogP contribution in [0.3, 0.4) is 0 Å². The highest BCUT2D eigenvalue weighted by Gasteiger charge is 2.72. The summed E-state index contributed by atoms with van der Waals surface area (Å²) in [5.41, 5.74) is 5.01. The first-order valence-electron chi connectivity index (χ1n) is 7.59. The second-order valence-electron chi connectivity index (χ2n) is 6.52. The van der Waals surface area contributed by atoms with Gasteiger partial charge < -0.3 is 4.74 Å². The van der Waals surface area contributed by atoms with Gasteiger partial charge in [-0.3, -0.25) is 4.79 Å². The molecule has 2 heteroatoms. The Morgan fingerprint density at radius 3 is 2.52 bits per heavy atom. The maximum absolute atomic E-state index is 11.8. The van der Waals surface area contributed by atoms with Crippen LogP contribution in [0, 0.1) is 5.92 Å². The minimum Gasteiger partial charge on any atom is -0.454 e. The number of fused-ring (bicyclic) bond motifs is 6. The summed E-state index contributed by atoms with van der Waals surface area (Å²) in [5.74, 6) is 1.33. The van der Waals surface area contributed by atoms with Gasteiger partial charge in [-0.2, -0.15) is 0 Å². The van der Waals surface area contributed by atoms with Crippen LogP contribution in [0.15, 0.2) is 48.5 Å². The summed E-state index contributed by atoms with van der Waals surface area (Å²) in [6, 6.07) is 17.2. The van der Waals surface area contributed by atoms with Crippen molar-refractivity contribution in [2.24, 2.45) is 5.92 Å². The Labute approximate surface area is 123 Å². The van der Waals surface area contributed by atoms with E-state index in [1.807, 2.05) is 0 Å². The molecule has 2 nitrogen and oxygen atoms in total. The second-order valence-corrected chi connectivity index (χ2v) is 6.52. The zero-order chi connectivity index (χ0) is 14.2. The van der Waals surface area contributed by atoms with E-state index in [1.165, 1.54) is 29.2 Å². The van der Waals surface area contributed by atoms with Crippen LogP contribution in [0.2, 0.25) is 0 Å². The second kappa shape index (κ2) is 3.56. The SMILES string of the molecule is CC(=O)O[C@]12Cc3ccccc3[C@@H]3[C@@H](c4ccccc41)[C@H]32. The molecule has 4 atom stereocenters. The van der Waals surface area contributed by atoms with Crippen molar-refractivity contribution in [1.29, 1.82) is 0 Å². The smallest absolute Gasteiger partial charge is 0.303 e. The van der Waals surface area contributed by atoms with Gasteiger partial charge in [-0.05, 0) is 34.1 Å². The number of carbonyl (C=O) groups is 1. The molecule has 2 aromatic rings. The fourth-order valence-corrected chi connectivity index (χ4v) is 4.95. The van der Waals surface area contributed by atoms with Gasteiger partial charge in [0.05, 0.1) is 0 Å². The van der Waals surface area contributed by atoms with Crippen LogP contribution in [0.4, 0.5) is 0 Å². The van der Waals surface area contributed by atoms with E-state index < -0.39 is 5.60 Å². The van der Waals surface area contributed by atoms with Crippen molar-refractivity contribution in [3.05, 3.63) is 70.8 Å². The third-order valence-electron chi connectivity index (χ3n) is 5.53. The molecule has 0 radical (unpaired) electrons. The fraction of sp³-hybridized carbons (Fsp3) is 0.316. The molecule has 1 saturated carbocycles. The van der Waals surface area contributed by atoms with E-state index in [4.69, 9.17) is 4.74 Å². The monoisotopic (exact) mass is 276 g/mol. The molecule has 21 heavy (non-hydrogen) atoms. The molecule has 3 aliphatic carbocycles. The maximum Gasteiger partial charge on any atom is 0.303 e. The van der Waals surface area contributed by atoms with E-state index in [0.717, 1.165) is 6.42 Å². The molecule has 2 aromatic carbocycles. The van der Waals surface area contributed by atoms with Crippen LogP contribution in [-0.4, -0.2) is 5.97 Å². The van der Waals surface area contributed by atoms with E-state index >= 15 is 0 Å². The minimum absolute atomic E-state index is 0.171. The number of ether oxygens (including phenoxy) is 1. The van der Waals surface area contributed by atoms with E-state index in [1.54, 1.807) is 0 Å². The first kappa shape index (κ1) is 11.6. The molecule has 1 fully saturated rings. The summed E-state index contributed by atoms with van der Waals surface area (Å²) in [6.45, 7) is 1.53. The van der Waals surface area contributed by atoms with E-state index in [2.05, 4.69) is 48.5 Å². The standard InChI is InChI=1S/C19H16O2/c1-11(20)21-19-10-12-6-2-3-7-13(12)16-17(18(16)19)14-8-4-5-9-15(14)19/h2-9,16-18H,10H2,1H3/t16-,17-,18+,19-/m1/s1. The quantitative estimate of drug-likeness (QED) is 0.745. The zero-order valence-electron chi connectivity index (χ0n) is 11.9. The summed E-state index contributed by atoms with van der Waals surface area (Å²) in [7, 11) is 0. The Hall–Kier alpha value is -2.09. The van der Waals surface area contributed by atoms with Crippen molar-refractivity contribution in [2.45, 2.75) is 30.8 Å². The van der Waals surface area contributed by atoms with Crippen molar-refractivity contribution < 1.29 is 9.53 Å². The Kier molecular flexibility index (Phi) is 1.96. The summed E-state index contributed by atoms with van der Waals surface area (Å²) in [5, 5.41) is 0. The molecule has 0 spiro atoms. The first-order valence-corrected chi connectivity index (χ1v) is 7.59. The van der Waals surface area contributed by atoms with Crippen molar-refractivity contribution in [3.8, 4) is 0 Å². The average Bonchev–Trinajstić information content (AvgIpc) is 3.17. The molecule has 0 bridgehead atoms. The third-order valence-corrected chi connectivity index (χ3v) is 5.53. The van der Waals surface area contributed by atoms with Gasteiger partial charge in [0, 0.05) is 19.3 Å². The van der Waals surface area contributed by atoms with E-state index in [9.17, 15) is 4.79 Å². The molecule has 0 amide bonds. The van der Waals surface area contributed by atoms with Gasteiger partial charge in [-0.15, -0.1) is 0 Å². The number of carbonyl (C=O) groups excluding carboxylic acids is 1. The Morgan fingerprint density at radius 2 is 1.71 bits per heavy atom. The molecule has 0 heterocycles. The highest BCUT2D eigenvalue weighted by atomic mass is 16.6. The Morgan fingerprint density at radius 1 is 1.05 bits per heavy atom. The lowest BCUT2D eigenvalue weighted by Crippen LogP contribution is -2.38. The van der Waals surface area contributed by atoms with Crippen molar-refractivity contribution in [3.63, 3.8) is 0 Å². The lowest BCUT2D eigenvalue weighted by Gasteiger charge is -2.37. The number of esters is 1. The van der Waals surface area contributed by atoms with Gasteiger partial charge >= 0.3 is 5.97 Å². The normalized spacial score (nSPS) is 33.7. The number of hydrogen-bond acceptors (Lipinski definition) is 2. The van der Waals surface area contributed by atoms with Crippen molar-refractivity contribution in [2.75, 3.05) is 0 Å². The largest absolute Gasteiger partial charge is 0.454 e. The zero-order valence-corrected chi connectivity index (χ0v) is 11.9. The lowest BCUT2D eigenvalue weighted by molar-refractivity contribution is -0.161. The maximum atomic E-state index is 11.8. The molecule has 0 N–H and O–H groups in total. The van der Waals surface area contributed by atoms with Gasteiger partial charge in [0.2, 0.25) is 0 Å². The Balaban J connectivity index is 1.76. The van der Waals surface area contributed by atoms with E-state index in [0.29, 0.717) is 17.8 Å². The summed E-state index contributed by atoms with van der Waals surface area (Å²) in [6.07, 6.45) is 0.817. The average molecular weight is 276 g/mol.